The Morgan fingerprint density at radius 2 is 2.35 bits per heavy atom. The Hall–Kier alpha value is -1.56. The third-order valence-corrected chi connectivity index (χ3v) is 3.95. The number of methoxy groups -OCH3 is 1. The highest BCUT2D eigenvalue weighted by atomic mass is 32.1. The largest absolute Gasteiger partial charge is 0.469 e. The SMILES string of the molecule is CN=C(NCC(C)C(=O)OC)N(C)CCc1cccs1. The molecule has 0 amide bonds. The van der Waals surface area contributed by atoms with Crippen molar-refractivity contribution in [3.05, 3.63) is 22.4 Å². The minimum atomic E-state index is -0.214. The summed E-state index contributed by atoms with van der Waals surface area (Å²) in [5, 5.41) is 5.28. The maximum absolute atomic E-state index is 11.3. The average molecular weight is 297 g/mol. The summed E-state index contributed by atoms with van der Waals surface area (Å²) in [6.07, 6.45) is 0.988. The van der Waals surface area contributed by atoms with Crippen LogP contribution in [0.5, 0.6) is 0 Å². The topological polar surface area (TPSA) is 53.9 Å². The van der Waals surface area contributed by atoms with Crippen LogP contribution in [0.3, 0.4) is 0 Å². The van der Waals surface area contributed by atoms with Crippen molar-refractivity contribution in [1.82, 2.24) is 10.2 Å². The van der Waals surface area contributed by atoms with Crippen molar-refractivity contribution in [2.45, 2.75) is 13.3 Å². The van der Waals surface area contributed by atoms with Crippen LogP contribution in [0.4, 0.5) is 0 Å². The zero-order valence-corrected chi connectivity index (χ0v) is 13.4. The van der Waals surface area contributed by atoms with Gasteiger partial charge in [0.15, 0.2) is 5.96 Å². The predicted octanol–water partition coefficient (Wildman–Crippen LogP) is 1.61. The molecule has 112 valence electrons. The molecule has 1 aromatic heterocycles. The number of carbonyl (C=O) groups is 1. The number of esters is 1. The van der Waals surface area contributed by atoms with Gasteiger partial charge in [-0.25, -0.2) is 0 Å². The number of likely N-dealkylation sites (N-methyl/N-ethyl adjacent to an activating group) is 1. The molecule has 0 spiro atoms. The van der Waals surface area contributed by atoms with Crippen LogP contribution in [-0.2, 0) is 16.0 Å². The number of nitrogens with one attached hydrogen (secondary N) is 1. The molecule has 1 heterocycles. The molecule has 20 heavy (non-hydrogen) atoms. The number of rotatable bonds is 6. The summed E-state index contributed by atoms with van der Waals surface area (Å²) in [6.45, 7) is 3.23. The van der Waals surface area contributed by atoms with Crippen LogP contribution < -0.4 is 5.32 Å². The van der Waals surface area contributed by atoms with Gasteiger partial charge >= 0.3 is 5.97 Å². The fourth-order valence-corrected chi connectivity index (χ4v) is 2.45. The lowest BCUT2D eigenvalue weighted by Crippen LogP contribution is -2.42. The van der Waals surface area contributed by atoms with Crippen molar-refractivity contribution in [1.29, 1.82) is 0 Å². The van der Waals surface area contributed by atoms with Gasteiger partial charge in [0, 0.05) is 32.1 Å². The van der Waals surface area contributed by atoms with E-state index in [1.807, 2.05) is 14.0 Å². The highest BCUT2D eigenvalue weighted by molar-refractivity contribution is 7.09. The molecule has 0 aliphatic heterocycles. The zero-order valence-electron chi connectivity index (χ0n) is 12.5. The number of guanidine groups is 1. The normalized spacial score (nSPS) is 12.9. The van der Waals surface area contributed by atoms with Crippen molar-refractivity contribution in [3.63, 3.8) is 0 Å². The first kappa shape index (κ1) is 16.5. The molecule has 1 rings (SSSR count). The van der Waals surface area contributed by atoms with Crippen molar-refractivity contribution in [2.24, 2.45) is 10.9 Å². The summed E-state index contributed by atoms with van der Waals surface area (Å²) in [4.78, 5) is 19.0. The molecule has 5 nitrogen and oxygen atoms in total. The third-order valence-electron chi connectivity index (χ3n) is 3.02. The molecule has 6 heteroatoms. The number of ether oxygens (including phenoxy) is 1. The summed E-state index contributed by atoms with van der Waals surface area (Å²) in [6, 6.07) is 4.19. The molecule has 0 fully saturated rings. The highest BCUT2D eigenvalue weighted by Crippen LogP contribution is 2.09. The van der Waals surface area contributed by atoms with Crippen LogP contribution >= 0.6 is 11.3 Å². The van der Waals surface area contributed by atoms with Crippen molar-refractivity contribution in [3.8, 4) is 0 Å². The van der Waals surface area contributed by atoms with E-state index in [2.05, 4.69) is 32.7 Å². The number of thiophene rings is 1. The lowest BCUT2D eigenvalue weighted by Gasteiger charge is -2.22. The van der Waals surface area contributed by atoms with Gasteiger partial charge in [-0.15, -0.1) is 11.3 Å². The fraction of sp³-hybridized carbons (Fsp3) is 0.571. The van der Waals surface area contributed by atoms with Gasteiger partial charge in [-0.05, 0) is 17.9 Å². The second-order valence-corrected chi connectivity index (χ2v) is 5.64. The van der Waals surface area contributed by atoms with Gasteiger partial charge < -0.3 is 15.0 Å². The van der Waals surface area contributed by atoms with Crippen LogP contribution in [0.2, 0.25) is 0 Å². The van der Waals surface area contributed by atoms with E-state index in [0.29, 0.717) is 6.54 Å². The van der Waals surface area contributed by atoms with E-state index in [4.69, 9.17) is 4.74 Å². The Labute approximate surface area is 124 Å². The first-order valence-electron chi connectivity index (χ1n) is 6.60. The molecule has 0 saturated heterocycles. The lowest BCUT2D eigenvalue weighted by molar-refractivity contribution is -0.144. The molecule has 1 unspecified atom stereocenters. The number of hydrogen-bond donors (Lipinski definition) is 1. The van der Waals surface area contributed by atoms with E-state index >= 15 is 0 Å². The molecule has 1 N–H and O–H groups in total. The monoisotopic (exact) mass is 297 g/mol. The van der Waals surface area contributed by atoms with Gasteiger partial charge in [0.25, 0.3) is 0 Å². The number of carbonyl (C=O) groups excluding carboxylic acids is 1. The first-order valence-corrected chi connectivity index (χ1v) is 7.48. The van der Waals surface area contributed by atoms with Crippen LogP contribution in [0, 0.1) is 5.92 Å². The summed E-state index contributed by atoms with van der Waals surface area (Å²) < 4.78 is 4.70. The van der Waals surface area contributed by atoms with E-state index in [0.717, 1.165) is 18.9 Å². The summed E-state index contributed by atoms with van der Waals surface area (Å²) >= 11 is 1.76. The molecular formula is C14H23N3O2S. The molecule has 0 aliphatic rings. The van der Waals surface area contributed by atoms with Crippen molar-refractivity contribution < 1.29 is 9.53 Å². The Morgan fingerprint density at radius 1 is 1.60 bits per heavy atom. The van der Waals surface area contributed by atoms with Gasteiger partial charge in [0.05, 0.1) is 13.0 Å². The minimum Gasteiger partial charge on any atom is -0.469 e. The number of nitrogens with zero attached hydrogens (tertiary/aromatic N) is 2. The Balaban J connectivity index is 2.39. The van der Waals surface area contributed by atoms with Gasteiger partial charge in [-0.2, -0.15) is 0 Å². The van der Waals surface area contributed by atoms with Crippen LogP contribution in [-0.4, -0.2) is 51.1 Å². The van der Waals surface area contributed by atoms with E-state index in [-0.39, 0.29) is 11.9 Å². The minimum absolute atomic E-state index is 0.192. The Kier molecular flexibility index (Phi) is 7.08. The molecule has 0 bridgehead atoms. The number of hydrogen-bond acceptors (Lipinski definition) is 4. The molecule has 1 atom stereocenters. The predicted molar refractivity (Wildman–Crippen MR) is 83.2 cm³/mol. The average Bonchev–Trinajstić information content (AvgIpc) is 2.97. The molecule has 0 aromatic carbocycles. The second-order valence-electron chi connectivity index (χ2n) is 4.60. The van der Waals surface area contributed by atoms with Crippen molar-refractivity contribution >= 4 is 23.3 Å². The fourth-order valence-electron chi connectivity index (χ4n) is 1.75. The molecule has 0 aliphatic carbocycles. The molecular weight excluding hydrogens is 274 g/mol. The molecule has 0 radical (unpaired) electrons. The maximum Gasteiger partial charge on any atom is 0.310 e. The lowest BCUT2D eigenvalue weighted by atomic mass is 10.2. The van der Waals surface area contributed by atoms with Gasteiger partial charge in [0.2, 0.25) is 0 Å². The van der Waals surface area contributed by atoms with E-state index < -0.39 is 0 Å². The Morgan fingerprint density at radius 3 is 2.90 bits per heavy atom. The van der Waals surface area contributed by atoms with Gasteiger partial charge in [-0.3, -0.25) is 9.79 Å². The zero-order chi connectivity index (χ0) is 15.0. The smallest absolute Gasteiger partial charge is 0.310 e. The molecule has 0 saturated carbocycles. The van der Waals surface area contributed by atoms with Crippen LogP contribution in [0.1, 0.15) is 11.8 Å². The van der Waals surface area contributed by atoms with E-state index in [1.165, 1.54) is 12.0 Å². The molecule has 1 aromatic rings. The second kappa shape index (κ2) is 8.58. The Bertz CT molecular complexity index is 432. The summed E-state index contributed by atoms with van der Waals surface area (Å²) in [7, 11) is 5.14. The van der Waals surface area contributed by atoms with Gasteiger partial charge in [0.1, 0.15) is 0 Å². The quantitative estimate of drug-likeness (QED) is 0.492. The van der Waals surface area contributed by atoms with E-state index in [9.17, 15) is 4.79 Å². The summed E-state index contributed by atoms with van der Waals surface area (Å²) in [5.74, 6) is 0.383. The first-order chi connectivity index (χ1) is 9.58. The van der Waals surface area contributed by atoms with Crippen LogP contribution in [0.15, 0.2) is 22.5 Å². The summed E-state index contributed by atoms with van der Waals surface area (Å²) in [5.41, 5.74) is 0. The third kappa shape index (κ3) is 5.21. The van der Waals surface area contributed by atoms with Gasteiger partial charge in [-0.1, -0.05) is 13.0 Å². The van der Waals surface area contributed by atoms with E-state index in [1.54, 1.807) is 18.4 Å². The van der Waals surface area contributed by atoms with Crippen molar-refractivity contribution in [2.75, 3.05) is 34.3 Å². The maximum atomic E-state index is 11.3. The number of aliphatic imine (C=N–C) groups is 1. The highest BCUT2D eigenvalue weighted by Gasteiger charge is 2.14. The standard InChI is InChI=1S/C14H23N3O2S/c1-11(13(18)19-4)10-16-14(15-2)17(3)8-7-12-6-5-9-20-12/h5-6,9,11H,7-8,10H2,1-4H3,(H,15,16). The van der Waals surface area contributed by atoms with Crippen LogP contribution in [0.25, 0.3) is 0 Å².